The fourth-order valence-electron chi connectivity index (χ4n) is 2.14. The van der Waals surface area contributed by atoms with Crippen LogP contribution < -0.4 is 5.73 Å². The van der Waals surface area contributed by atoms with Crippen LogP contribution in [0.5, 0.6) is 0 Å². The lowest BCUT2D eigenvalue weighted by Crippen LogP contribution is -2.51. The van der Waals surface area contributed by atoms with Crippen molar-refractivity contribution < 1.29 is 13.9 Å². The summed E-state index contributed by atoms with van der Waals surface area (Å²) in [6, 6.07) is 4.48. The molecule has 0 bridgehead atoms. The number of aryl methyl sites for hydroxylation is 1. The number of benzene rings is 1. The number of rotatable bonds is 2. The Hall–Kier alpha value is -1.46. The second kappa shape index (κ2) is 5.67. The zero-order valence-corrected chi connectivity index (χ0v) is 11.2. The number of halogens is 1. The van der Waals surface area contributed by atoms with E-state index in [9.17, 15) is 9.18 Å². The molecule has 1 aliphatic rings. The third kappa shape index (κ3) is 3.11. The van der Waals surface area contributed by atoms with Gasteiger partial charge in [-0.05, 0) is 31.5 Å². The van der Waals surface area contributed by atoms with E-state index in [1.54, 1.807) is 17.9 Å². The van der Waals surface area contributed by atoms with Crippen molar-refractivity contribution in [3.05, 3.63) is 35.1 Å². The van der Waals surface area contributed by atoms with Crippen LogP contribution in [0.15, 0.2) is 18.2 Å². The molecule has 2 rings (SSSR count). The van der Waals surface area contributed by atoms with Crippen LogP contribution in [0.25, 0.3) is 0 Å². The highest BCUT2D eigenvalue weighted by atomic mass is 19.1. The minimum absolute atomic E-state index is 0.107. The molecule has 0 radical (unpaired) electrons. The van der Waals surface area contributed by atoms with Crippen LogP contribution in [-0.2, 0) is 4.74 Å². The smallest absolute Gasteiger partial charge is 0.256 e. The van der Waals surface area contributed by atoms with E-state index < -0.39 is 5.82 Å². The van der Waals surface area contributed by atoms with Crippen molar-refractivity contribution in [2.45, 2.75) is 26.0 Å². The highest BCUT2D eigenvalue weighted by Gasteiger charge is 2.28. The lowest BCUT2D eigenvalue weighted by Gasteiger charge is -2.34. The first kappa shape index (κ1) is 14.0. The number of hydrogen-bond donors (Lipinski definition) is 1. The van der Waals surface area contributed by atoms with Gasteiger partial charge in [0.2, 0.25) is 0 Å². The molecule has 2 atom stereocenters. The Morgan fingerprint density at radius 2 is 2.32 bits per heavy atom. The molecule has 1 amide bonds. The van der Waals surface area contributed by atoms with Gasteiger partial charge in [-0.25, -0.2) is 4.39 Å². The Bertz CT molecular complexity index is 477. The molecule has 5 heteroatoms. The second-order valence-electron chi connectivity index (χ2n) is 5.00. The zero-order chi connectivity index (χ0) is 14.0. The number of amides is 1. The third-order valence-corrected chi connectivity index (χ3v) is 3.32. The molecule has 1 aromatic rings. The fraction of sp³-hybridized carbons (Fsp3) is 0.500. The summed E-state index contributed by atoms with van der Waals surface area (Å²) in [7, 11) is 0. The van der Waals surface area contributed by atoms with Gasteiger partial charge in [-0.15, -0.1) is 0 Å². The molecule has 0 saturated carbocycles. The third-order valence-electron chi connectivity index (χ3n) is 3.32. The maximum Gasteiger partial charge on any atom is 0.256 e. The highest BCUT2D eigenvalue weighted by molar-refractivity contribution is 5.94. The molecule has 1 saturated heterocycles. The van der Waals surface area contributed by atoms with Crippen LogP contribution in [0, 0.1) is 12.7 Å². The van der Waals surface area contributed by atoms with Crippen molar-refractivity contribution in [3.8, 4) is 0 Å². The molecule has 0 aromatic heterocycles. The Labute approximate surface area is 112 Å². The van der Waals surface area contributed by atoms with E-state index in [0.717, 1.165) is 5.56 Å². The average molecular weight is 266 g/mol. The summed E-state index contributed by atoms with van der Waals surface area (Å²) in [5.41, 5.74) is 6.68. The van der Waals surface area contributed by atoms with Crippen LogP contribution >= 0.6 is 0 Å². The Morgan fingerprint density at radius 3 is 2.95 bits per heavy atom. The minimum atomic E-state index is -0.478. The molecule has 0 unspecified atom stereocenters. The molecule has 104 valence electrons. The Kier molecular flexibility index (Phi) is 4.17. The number of nitrogens with two attached hydrogens (primary N) is 1. The molecule has 0 aliphatic carbocycles. The van der Waals surface area contributed by atoms with Gasteiger partial charge in [0.05, 0.1) is 18.3 Å². The van der Waals surface area contributed by atoms with Crippen molar-refractivity contribution in [2.75, 3.05) is 19.7 Å². The van der Waals surface area contributed by atoms with Crippen molar-refractivity contribution >= 4 is 5.91 Å². The minimum Gasteiger partial charge on any atom is -0.373 e. The van der Waals surface area contributed by atoms with Crippen LogP contribution in [-0.4, -0.2) is 42.6 Å². The molecule has 0 spiro atoms. The first-order valence-corrected chi connectivity index (χ1v) is 6.41. The largest absolute Gasteiger partial charge is 0.373 e. The van der Waals surface area contributed by atoms with Crippen molar-refractivity contribution in [2.24, 2.45) is 5.73 Å². The summed E-state index contributed by atoms with van der Waals surface area (Å²) >= 11 is 0. The van der Waals surface area contributed by atoms with Crippen molar-refractivity contribution in [3.63, 3.8) is 0 Å². The maximum absolute atomic E-state index is 13.8. The summed E-state index contributed by atoms with van der Waals surface area (Å²) in [6.45, 7) is 4.94. The normalized spacial score (nSPS) is 21.3. The maximum atomic E-state index is 13.8. The number of nitrogens with zero attached hydrogens (tertiary/aromatic N) is 1. The lowest BCUT2D eigenvalue weighted by atomic mass is 10.1. The quantitative estimate of drug-likeness (QED) is 0.878. The molecule has 1 aromatic carbocycles. The molecule has 2 N–H and O–H groups in total. The zero-order valence-electron chi connectivity index (χ0n) is 11.2. The highest BCUT2D eigenvalue weighted by Crippen LogP contribution is 2.16. The van der Waals surface area contributed by atoms with Crippen molar-refractivity contribution in [1.82, 2.24) is 4.90 Å². The summed E-state index contributed by atoms with van der Waals surface area (Å²) in [5.74, 6) is -0.778. The SMILES string of the molecule is Cc1ccc(C(=O)N2CCO[C@H]([C@H](C)N)C2)c(F)c1. The van der Waals surface area contributed by atoms with E-state index in [1.165, 1.54) is 12.1 Å². The number of ether oxygens (including phenoxy) is 1. The van der Waals surface area contributed by atoms with Crippen LogP contribution in [0.2, 0.25) is 0 Å². The fourth-order valence-corrected chi connectivity index (χ4v) is 2.14. The summed E-state index contributed by atoms with van der Waals surface area (Å²) in [5, 5.41) is 0. The standard InChI is InChI=1S/C14H19FN2O2/c1-9-3-4-11(12(15)7-9)14(18)17-5-6-19-13(8-17)10(2)16/h3-4,7,10,13H,5-6,8,16H2,1-2H3/t10-,13-/m0/s1. The number of carbonyl (C=O) groups is 1. The summed E-state index contributed by atoms with van der Waals surface area (Å²) in [6.07, 6.45) is -0.189. The van der Waals surface area contributed by atoms with Gasteiger partial charge in [0.1, 0.15) is 5.82 Å². The van der Waals surface area contributed by atoms with E-state index in [4.69, 9.17) is 10.5 Å². The number of hydrogen-bond acceptors (Lipinski definition) is 3. The van der Waals surface area contributed by atoms with E-state index >= 15 is 0 Å². The summed E-state index contributed by atoms with van der Waals surface area (Å²) in [4.78, 5) is 13.9. The van der Waals surface area contributed by atoms with Gasteiger partial charge in [0, 0.05) is 19.1 Å². The summed E-state index contributed by atoms with van der Waals surface area (Å²) < 4.78 is 19.3. The first-order chi connectivity index (χ1) is 8.99. The Balaban J connectivity index is 2.15. The van der Waals surface area contributed by atoms with Gasteiger partial charge < -0.3 is 15.4 Å². The molecule has 1 aliphatic heterocycles. The Morgan fingerprint density at radius 1 is 1.58 bits per heavy atom. The second-order valence-corrected chi connectivity index (χ2v) is 5.00. The first-order valence-electron chi connectivity index (χ1n) is 6.41. The molecule has 1 fully saturated rings. The van der Waals surface area contributed by atoms with Gasteiger partial charge in [-0.3, -0.25) is 4.79 Å². The number of morpholine rings is 1. The van der Waals surface area contributed by atoms with Gasteiger partial charge >= 0.3 is 0 Å². The van der Waals surface area contributed by atoms with E-state index in [0.29, 0.717) is 19.7 Å². The van der Waals surface area contributed by atoms with Gasteiger partial charge in [-0.2, -0.15) is 0 Å². The number of carbonyl (C=O) groups excluding carboxylic acids is 1. The van der Waals surface area contributed by atoms with Gasteiger partial charge in [0.25, 0.3) is 5.91 Å². The molecule has 19 heavy (non-hydrogen) atoms. The lowest BCUT2D eigenvalue weighted by molar-refractivity contribution is -0.0301. The van der Waals surface area contributed by atoms with Crippen LogP contribution in [0.4, 0.5) is 4.39 Å². The molecule has 1 heterocycles. The topological polar surface area (TPSA) is 55.6 Å². The molecule has 4 nitrogen and oxygen atoms in total. The van der Waals surface area contributed by atoms with Crippen LogP contribution in [0.3, 0.4) is 0 Å². The van der Waals surface area contributed by atoms with Gasteiger partial charge in [0.15, 0.2) is 0 Å². The molecular weight excluding hydrogens is 247 g/mol. The monoisotopic (exact) mass is 266 g/mol. The molecular formula is C14H19FN2O2. The van der Waals surface area contributed by atoms with E-state index in [1.807, 2.05) is 6.92 Å². The van der Waals surface area contributed by atoms with E-state index in [-0.39, 0.29) is 23.6 Å². The van der Waals surface area contributed by atoms with Gasteiger partial charge in [-0.1, -0.05) is 6.07 Å². The van der Waals surface area contributed by atoms with E-state index in [2.05, 4.69) is 0 Å². The van der Waals surface area contributed by atoms with Crippen molar-refractivity contribution in [1.29, 1.82) is 0 Å². The predicted octanol–water partition coefficient (Wildman–Crippen LogP) is 1.32. The van der Waals surface area contributed by atoms with Crippen LogP contribution in [0.1, 0.15) is 22.8 Å². The predicted molar refractivity (Wildman–Crippen MR) is 70.4 cm³/mol. The average Bonchev–Trinajstić information content (AvgIpc) is 2.38.